The first-order valence-corrected chi connectivity index (χ1v) is 5.11. The normalized spacial score (nSPS) is 10.5. The lowest BCUT2D eigenvalue weighted by molar-refractivity contribution is 0.101. The molecule has 96 valence electrons. The van der Waals surface area contributed by atoms with E-state index >= 15 is 0 Å². The van der Waals surface area contributed by atoms with Crippen LogP contribution in [0, 0.1) is 0 Å². The van der Waals surface area contributed by atoms with E-state index in [2.05, 4.69) is 25.4 Å². The molecule has 0 atom stereocenters. The Hall–Kier alpha value is -2.42. The van der Waals surface area contributed by atoms with Crippen LogP contribution in [0.25, 0.3) is 0 Å². The fourth-order valence-electron chi connectivity index (χ4n) is 1.28. The SMILES string of the molecule is COCCn1cc(NC(=O)c2nonc2N)cn1. The average Bonchev–Trinajstić information content (AvgIpc) is 2.95. The van der Waals surface area contributed by atoms with Gasteiger partial charge in [0.05, 0.1) is 25.0 Å². The van der Waals surface area contributed by atoms with Gasteiger partial charge in [0.2, 0.25) is 11.5 Å². The number of nitrogens with one attached hydrogen (secondary N) is 1. The van der Waals surface area contributed by atoms with Crippen molar-refractivity contribution < 1.29 is 14.2 Å². The molecule has 0 bridgehead atoms. The molecular formula is C9H12N6O3. The Morgan fingerprint density at radius 1 is 1.61 bits per heavy atom. The van der Waals surface area contributed by atoms with Crippen molar-refractivity contribution in [1.82, 2.24) is 20.1 Å². The maximum atomic E-state index is 11.7. The Kier molecular flexibility index (Phi) is 3.53. The molecule has 9 nitrogen and oxygen atoms in total. The number of carbonyl (C=O) groups is 1. The van der Waals surface area contributed by atoms with E-state index in [1.807, 2.05) is 0 Å². The minimum Gasteiger partial charge on any atom is -0.383 e. The zero-order valence-corrected chi connectivity index (χ0v) is 9.66. The Balaban J connectivity index is 1.99. The highest BCUT2D eigenvalue weighted by molar-refractivity contribution is 6.05. The number of aromatic nitrogens is 4. The number of rotatable bonds is 5. The number of anilines is 2. The molecule has 1 amide bonds. The van der Waals surface area contributed by atoms with Crippen molar-refractivity contribution in [2.24, 2.45) is 0 Å². The number of amides is 1. The summed E-state index contributed by atoms with van der Waals surface area (Å²) in [5, 5.41) is 13.3. The van der Waals surface area contributed by atoms with Crippen molar-refractivity contribution in [3.63, 3.8) is 0 Å². The molecule has 2 aromatic rings. The summed E-state index contributed by atoms with van der Waals surface area (Å²) in [5.74, 6) is -0.556. The maximum absolute atomic E-state index is 11.7. The fraction of sp³-hybridized carbons (Fsp3) is 0.333. The van der Waals surface area contributed by atoms with Gasteiger partial charge in [-0.15, -0.1) is 0 Å². The van der Waals surface area contributed by atoms with Gasteiger partial charge in [-0.25, -0.2) is 4.63 Å². The summed E-state index contributed by atoms with van der Waals surface area (Å²) in [6.07, 6.45) is 3.18. The predicted octanol–water partition coefficient (Wildman–Crippen LogP) is -0.253. The summed E-state index contributed by atoms with van der Waals surface area (Å²) in [6, 6.07) is 0. The standard InChI is InChI=1S/C9H12N6O3/c1-17-3-2-15-5-6(4-11-15)12-9(16)7-8(10)14-18-13-7/h4-5H,2-3H2,1H3,(H2,10,14)(H,12,16). The maximum Gasteiger partial charge on any atom is 0.281 e. The molecule has 2 aromatic heterocycles. The van der Waals surface area contributed by atoms with Gasteiger partial charge in [-0.3, -0.25) is 9.48 Å². The van der Waals surface area contributed by atoms with Gasteiger partial charge in [0.1, 0.15) is 0 Å². The zero-order chi connectivity index (χ0) is 13.0. The van der Waals surface area contributed by atoms with Crippen LogP contribution in [0.15, 0.2) is 17.0 Å². The predicted molar refractivity (Wildman–Crippen MR) is 60.8 cm³/mol. The van der Waals surface area contributed by atoms with E-state index in [1.54, 1.807) is 18.0 Å². The van der Waals surface area contributed by atoms with Crippen molar-refractivity contribution in [3.8, 4) is 0 Å². The second-order valence-electron chi connectivity index (χ2n) is 3.44. The smallest absolute Gasteiger partial charge is 0.281 e. The van der Waals surface area contributed by atoms with E-state index < -0.39 is 5.91 Å². The van der Waals surface area contributed by atoms with E-state index in [4.69, 9.17) is 10.5 Å². The molecule has 3 N–H and O–H groups in total. The Morgan fingerprint density at radius 3 is 3.11 bits per heavy atom. The van der Waals surface area contributed by atoms with E-state index in [9.17, 15) is 4.79 Å². The molecule has 0 spiro atoms. The second kappa shape index (κ2) is 5.27. The first kappa shape index (κ1) is 12.0. The third-order valence-corrected chi connectivity index (χ3v) is 2.14. The van der Waals surface area contributed by atoms with Crippen LogP contribution in [0.4, 0.5) is 11.5 Å². The molecule has 0 saturated heterocycles. The lowest BCUT2D eigenvalue weighted by Gasteiger charge is -1.99. The summed E-state index contributed by atoms with van der Waals surface area (Å²) in [4.78, 5) is 11.7. The topological polar surface area (TPSA) is 121 Å². The highest BCUT2D eigenvalue weighted by Crippen LogP contribution is 2.10. The number of nitrogens with zero attached hydrogens (tertiary/aromatic N) is 4. The second-order valence-corrected chi connectivity index (χ2v) is 3.44. The Morgan fingerprint density at radius 2 is 2.44 bits per heavy atom. The Bertz CT molecular complexity index is 534. The monoisotopic (exact) mass is 252 g/mol. The van der Waals surface area contributed by atoms with Crippen molar-refractivity contribution >= 4 is 17.4 Å². The van der Waals surface area contributed by atoms with Gasteiger partial charge in [0.25, 0.3) is 5.91 Å². The minimum absolute atomic E-state index is 0.0559. The fourth-order valence-corrected chi connectivity index (χ4v) is 1.28. The molecule has 0 radical (unpaired) electrons. The van der Waals surface area contributed by atoms with Crippen LogP contribution in [0.3, 0.4) is 0 Å². The number of nitrogens with two attached hydrogens (primary N) is 1. The summed E-state index contributed by atoms with van der Waals surface area (Å²) in [6.45, 7) is 1.13. The summed E-state index contributed by atoms with van der Waals surface area (Å²) in [5.41, 5.74) is 5.87. The van der Waals surface area contributed by atoms with Gasteiger partial charge >= 0.3 is 0 Å². The quantitative estimate of drug-likeness (QED) is 0.752. The van der Waals surface area contributed by atoms with E-state index in [0.717, 1.165) is 0 Å². The third-order valence-electron chi connectivity index (χ3n) is 2.14. The average molecular weight is 252 g/mol. The summed E-state index contributed by atoms with van der Waals surface area (Å²) >= 11 is 0. The molecular weight excluding hydrogens is 240 g/mol. The molecule has 0 aliphatic heterocycles. The molecule has 9 heteroatoms. The van der Waals surface area contributed by atoms with Crippen molar-refractivity contribution in [3.05, 3.63) is 18.1 Å². The van der Waals surface area contributed by atoms with Crippen LogP contribution in [-0.2, 0) is 11.3 Å². The van der Waals surface area contributed by atoms with Crippen LogP contribution < -0.4 is 11.1 Å². The molecule has 0 aliphatic carbocycles. The zero-order valence-electron chi connectivity index (χ0n) is 9.66. The molecule has 2 rings (SSSR count). The van der Waals surface area contributed by atoms with E-state index in [-0.39, 0.29) is 11.5 Å². The van der Waals surface area contributed by atoms with Crippen LogP contribution >= 0.6 is 0 Å². The minimum atomic E-state index is -0.500. The molecule has 0 aromatic carbocycles. The number of carbonyl (C=O) groups excluding carboxylic acids is 1. The first-order chi connectivity index (χ1) is 8.70. The van der Waals surface area contributed by atoms with Gasteiger partial charge < -0.3 is 15.8 Å². The van der Waals surface area contributed by atoms with E-state index in [0.29, 0.717) is 18.8 Å². The third kappa shape index (κ3) is 2.63. The van der Waals surface area contributed by atoms with Gasteiger partial charge in [-0.1, -0.05) is 0 Å². The molecule has 0 unspecified atom stereocenters. The van der Waals surface area contributed by atoms with Gasteiger partial charge in [-0.05, 0) is 10.3 Å². The van der Waals surface area contributed by atoms with Crippen molar-refractivity contribution in [1.29, 1.82) is 0 Å². The lowest BCUT2D eigenvalue weighted by atomic mass is 10.4. The summed E-state index contributed by atoms with van der Waals surface area (Å²) in [7, 11) is 1.60. The van der Waals surface area contributed by atoms with Crippen molar-refractivity contribution in [2.75, 3.05) is 24.8 Å². The largest absolute Gasteiger partial charge is 0.383 e. The molecule has 2 heterocycles. The number of methoxy groups -OCH3 is 1. The summed E-state index contributed by atoms with van der Waals surface area (Å²) < 4.78 is 10.9. The number of ether oxygens (including phenoxy) is 1. The number of nitrogen functional groups attached to an aromatic ring is 1. The highest BCUT2D eigenvalue weighted by Gasteiger charge is 2.16. The molecule has 0 fully saturated rings. The van der Waals surface area contributed by atoms with Crippen LogP contribution in [0.5, 0.6) is 0 Å². The molecule has 18 heavy (non-hydrogen) atoms. The number of hydrogen-bond donors (Lipinski definition) is 2. The molecule has 0 saturated carbocycles. The lowest BCUT2D eigenvalue weighted by Crippen LogP contribution is -2.13. The van der Waals surface area contributed by atoms with Crippen molar-refractivity contribution in [2.45, 2.75) is 6.54 Å². The van der Waals surface area contributed by atoms with Crippen LogP contribution in [0.1, 0.15) is 10.5 Å². The van der Waals surface area contributed by atoms with Crippen LogP contribution in [0.2, 0.25) is 0 Å². The van der Waals surface area contributed by atoms with Gasteiger partial charge in [0.15, 0.2) is 0 Å². The first-order valence-electron chi connectivity index (χ1n) is 5.11. The van der Waals surface area contributed by atoms with E-state index in [1.165, 1.54) is 6.20 Å². The van der Waals surface area contributed by atoms with Gasteiger partial charge in [0, 0.05) is 13.3 Å². The Labute approximate surface area is 102 Å². The molecule has 0 aliphatic rings. The van der Waals surface area contributed by atoms with Crippen LogP contribution in [-0.4, -0.2) is 39.7 Å². The highest BCUT2D eigenvalue weighted by atomic mass is 16.6. The van der Waals surface area contributed by atoms with Gasteiger partial charge in [-0.2, -0.15) is 5.10 Å². The number of hydrogen-bond acceptors (Lipinski definition) is 7.